The van der Waals surface area contributed by atoms with Crippen LogP contribution in [0.2, 0.25) is 0 Å². The highest BCUT2D eigenvalue weighted by atomic mass is 32.2. The van der Waals surface area contributed by atoms with Gasteiger partial charge in [-0.15, -0.1) is 0 Å². The fourth-order valence-corrected chi connectivity index (χ4v) is 3.36. The van der Waals surface area contributed by atoms with Gasteiger partial charge in [0, 0.05) is 24.6 Å². The molecule has 1 atom stereocenters. The molecule has 0 bridgehead atoms. The highest BCUT2D eigenvalue weighted by molar-refractivity contribution is 7.98. The third kappa shape index (κ3) is 5.92. The van der Waals surface area contributed by atoms with Gasteiger partial charge in [-0.3, -0.25) is 4.79 Å². The van der Waals surface area contributed by atoms with Crippen molar-refractivity contribution in [3.63, 3.8) is 0 Å². The maximum absolute atomic E-state index is 12.6. The SMILES string of the molecule is Cc1cc(CSc2ncccc2C(=O)O[C@H](C)C(=O)NCc2ccccc2)no1. The van der Waals surface area contributed by atoms with Crippen LogP contribution in [0, 0.1) is 6.92 Å². The van der Waals surface area contributed by atoms with Crippen molar-refractivity contribution in [3.8, 4) is 0 Å². The minimum absolute atomic E-state index is 0.306. The highest BCUT2D eigenvalue weighted by Gasteiger charge is 2.21. The van der Waals surface area contributed by atoms with Gasteiger partial charge in [-0.25, -0.2) is 9.78 Å². The molecule has 0 aliphatic carbocycles. The van der Waals surface area contributed by atoms with Gasteiger partial charge >= 0.3 is 5.97 Å². The summed E-state index contributed by atoms with van der Waals surface area (Å²) in [7, 11) is 0. The molecule has 1 aromatic carbocycles. The van der Waals surface area contributed by atoms with Crippen molar-refractivity contribution < 1.29 is 18.8 Å². The van der Waals surface area contributed by atoms with Crippen LogP contribution in [0.25, 0.3) is 0 Å². The van der Waals surface area contributed by atoms with E-state index in [0.717, 1.165) is 17.0 Å². The number of amides is 1. The molecule has 0 saturated heterocycles. The number of nitrogens with one attached hydrogen (secondary N) is 1. The number of aromatic nitrogens is 2. The topological polar surface area (TPSA) is 94.3 Å². The average molecular weight is 411 g/mol. The number of benzene rings is 1. The van der Waals surface area contributed by atoms with E-state index in [0.29, 0.717) is 22.9 Å². The maximum Gasteiger partial charge on any atom is 0.341 e. The molecule has 1 N–H and O–H groups in total. The summed E-state index contributed by atoms with van der Waals surface area (Å²) in [6, 6.07) is 14.6. The molecule has 1 amide bonds. The molecule has 0 aliphatic rings. The van der Waals surface area contributed by atoms with Crippen LogP contribution in [0.4, 0.5) is 0 Å². The fourth-order valence-electron chi connectivity index (χ4n) is 2.50. The zero-order valence-corrected chi connectivity index (χ0v) is 16.9. The van der Waals surface area contributed by atoms with Gasteiger partial charge in [-0.2, -0.15) is 0 Å². The van der Waals surface area contributed by atoms with E-state index in [1.807, 2.05) is 43.3 Å². The van der Waals surface area contributed by atoms with Crippen LogP contribution in [-0.2, 0) is 21.8 Å². The fraction of sp³-hybridized carbons (Fsp3) is 0.238. The number of pyridine rings is 1. The number of thioether (sulfide) groups is 1. The first-order valence-corrected chi connectivity index (χ1v) is 10.0. The van der Waals surface area contributed by atoms with Crippen molar-refractivity contribution in [1.29, 1.82) is 0 Å². The summed E-state index contributed by atoms with van der Waals surface area (Å²) in [4.78, 5) is 29.1. The Labute approximate surface area is 172 Å². The van der Waals surface area contributed by atoms with Crippen molar-refractivity contribution >= 4 is 23.6 Å². The van der Waals surface area contributed by atoms with Crippen LogP contribution >= 0.6 is 11.8 Å². The van der Waals surface area contributed by atoms with Crippen LogP contribution in [0.5, 0.6) is 0 Å². The number of ether oxygens (including phenoxy) is 1. The molecule has 3 aromatic rings. The molecule has 8 heteroatoms. The second-order valence-electron chi connectivity index (χ2n) is 6.32. The summed E-state index contributed by atoms with van der Waals surface area (Å²) >= 11 is 1.35. The van der Waals surface area contributed by atoms with Crippen molar-refractivity contribution in [3.05, 3.63) is 77.3 Å². The number of rotatable bonds is 8. The van der Waals surface area contributed by atoms with Gasteiger partial charge < -0.3 is 14.6 Å². The minimum atomic E-state index is -0.928. The summed E-state index contributed by atoms with van der Waals surface area (Å²) in [5.41, 5.74) is 2.03. The van der Waals surface area contributed by atoms with Gasteiger partial charge in [0.05, 0.1) is 11.3 Å². The summed E-state index contributed by atoms with van der Waals surface area (Å²) in [5.74, 6) is 0.260. The van der Waals surface area contributed by atoms with E-state index in [2.05, 4.69) is 15.5 Å². The Balaban J connectivity index is 1.57. The predicted octanol–water partition coefficient (Wildman–Crippen LogP) is 3.53. The van der Waals surface area contributed by atoms with Crippen molar-refractivity contribution in [2.45, 2.75) is 37.3 Å². The number of aryl methyl sites for hydroxylation is 1. The normalized spacial score (nSPS) is 11.7. The van der Waals surface area contributed by atoms with Crippen molar-refractivity contribution in [1.82, 2.24) is 15.5 Å². The Hall–Kier alpha value is -3.13. The number of hydrogen-bond acceptors (Lipinski definition) is 7. The first kappa shape index (κ1) is 20.6. The molecular formula is C21H21N3O4S. The molecular weight excluding hydrogens is 390 g/mol. The predicted molar refractivity (Wildman–Crippen MR) is 108 cm³/mol. The van der Waals surface area contributed by atoms with E-state index in [9.17, 15) is 9.59 Å². The van der Waals surface area contributed by atoms with Crippen LogP contribution in [-0.4, -0.2) is 28.1 Å². The summed E-state index contributed by atoms with van der Waals surface area (Å²) in [6.07, 6.45) is 0.672. The first-order chi connectivity index (χ1) is 14.0. The lowest BCUT2D eigenvalue weighted by Crippen LogP contribution is -2.35. The second kappa shape index (κ2) is 9.88. The Morgan fingerprint density at radius 1 is 1.21 bits per heavy atom. The highest BCUT2D eigenvalue weighted by Crippen LogP contribution is 2.25. The molecule has 2 aromatic heterocycles. The van der Waals surface area contributed by atoms with E-state index in [-0.39, 0.29) is 5.91 Å². The number of carbonyl (C=O) groups is 2. The lowest BCUT2D eigenvalue weighted by Gasteiger charge is -2.14. The molecule has 7 nitrogen and oxygen atoms in total. The second-order valence-corrected chi connectivity index (χ2v) is 7.29. The Morgan fingerprint density at radius 3 is 2.72 bits per heavy atom. The van der Waals surface area contributed by atoms with E-state index in [4.69, 9.17) is 9.26 Å². The van der Waals surface area contributed by atoms with Crippen LogP contribution in [0.3, 0.4) is 0 Å². The average Bonchev–Trinajstić information content (AvgIpc) is 3.16. The third-order valence-electron chi connectivity index (χ3n) is 3.99. The van der Waals surface area contributed by atoms with E-state index >= 15 is 0 Å². The zero-order valence-electron chi connectivity index (χ0n) is 16.1. The smallest absolute Gasteiger partial charge is 0.341 e. The number of carbonyl (C=O) groups excluding carboxylic acids is 2. The monoisotopic (exact) mass is 411 g/mol. The molecule has 0 aliphatic heterocycles. The lowest BCUT2D eigenvalue weighted by molar-refractivity contribution is -0.129. The van der Waals surface area contributed by atoms with Crippen LogP contribution in [0.15, 0.2) is 64.3 Å². The largest absolute Gasteiger partial charge is 0.449 e. The molecule has 150 valence electrons. The third-order valence-corrected chi connectivity index (χ3v) is 5.03. The van der Waals surface area contributed by atoms with Crippen LogP contribution in [0.1, 0.15) is 34.3 Å². The lowest BCUT2D eigenvalue weighted by atomic mass is 10.2. The quantitative estimate of drug-likeness (QED) is 0.447. The van der Waals surface area contributed by atoms with Crippen molar-refractivity contribution in [2.24, 2.45) is 0 Å². The van der Waals surface area contributed by atoms with Gasteiger partial charge in [-0.1, -0.05) is 47.3 Å². The summed E-state index contributed by atoms with van der Waals surface area (Å²) in [6.45, 7) is 3.72. The molecule has 0 fully saturated rings. The first-order valence-electron chi connectivity index (χ1n) is 9.05. The zero-order chi connectivity index (χ0) is 20.6. The Kier molecular flexibility index (Phi) is 7.02. The van der Waals surface area contributed by atoms with Gasteiger partial charge in [0.2, 0.25) is 0 Å². The van der Waals surface area contributed by atoms with Gasteiger partial charge in [-0.05, 0) is 31.5 Å². The Bertz CT molecular complexity index is 975. The molecule has 0 spiro atoms. The standard InChI is InChI=1S/C21H21N3O4S/c1-14-11-17(24-28-14)13-29-20-18(9-6-10-22-20)21(26)27-15(2)19(25)23-12-16-7-4-3-5-8-16/h3-11,15H,12-13H2,1-2H3,(H,23,25)/t15-/m1/s1. The minimum Gasteiger partial charge on any atom is -0.449 e. The number of hydrogen-bond donors (Lipinski definition) is 1. The van der Waals surface area contributed by atoms with E-state index in [1.165, 1.54) is 11.8 Å². The molecule has 29 heavy (non-hydrogen) atoms. The maximum atomic E-state index is 12.6. The molecule has 2 heterocycles. The molecule has 3 rings (SSSR count). The van der Waals surface area contributed by atoms with Gasteiger partial charge in [0.25, 0.3) is 5.91 Å². The summed E-state index contributed by atoms with van der Waals surface area (Å²) < 4.78 is 10.4. The number of esters is 1. The number of nitrogens with zero attached hydrogens (tertiary/aromatic N) is 2. The van der Waals surface area contributed by atoms with E-state index in [1.54, 1.807) is 25.3 Å². The Morgan fingerprint density at radius 2 is 2.00 bits per heavy atom. The van der Waals surface area contributed by atoms with Crippen molar-refractivity contribution in [2.75, 3.05) is 0 Å². The molecule has 0 radical (unpaired) electrons. The molecule has 0 saturated carbocycles. The van der Waals surface area contributed by atoms with Gasteiger partial charge in [0.15, 0.2) is 6.10 Å². The van der Waals surface area contributed by atoms with Crippen LogP contribution < -0.4 is 5.32 Å². The summed E-state index contributed by atoms with van der Waals surface area (Å²) in [5, 5.41) is 7.20. The van der Waals surface area contributed by atoms with Gasteiger partial charge in [0.1, 0.15) is 10.8 Å². The van der Waals surface area contributed by atoms with E-state index < -0.39 is 12.1 Å². The molecule has 0 unspecified atom stereocenters.